The fourth-order valence-corrected chi connectivity index (χ4v) is 1.86. The van der Waals surface area contributed by atoms with Crippen molar-refractivity contribution in [1.82, 2.24) is 15.0 Å². The van der Waals surface area contributed by atoms with Gasteiger partial charge in [0.1, 0.15) is 5.82 Å². The van der Waals surface area contributed by atoms with E-state index in [1.165, 1.54) is 0 Å². The monoisotopic (exact) mass is 335 g/mol. The van der Waals surface area contributed by atoms with Crippen molar-refractivity contribution in [2.24, 2.45) is 0 Å². The molecule has 6 nitrogen and oxygen atoms in total. The van der Waals surface area contributed by atoms with Gasteiger partial charge in [-0.15, -0.1) is 0 Å². The minimum absolute atomic E-state index is 0.263. The van der Waals surface area contributed by atoms with Crippen LogP contribution in [0.3, 0.4) is 0 Å². The van der Waals surface area contributed by atoms with Gasteiger partial charge < -0.3 is 5.32 Å². The molecule has 0 aliphatic carbocycles. The van der Waals surface area contributed by atoms with Gasteiger partial charge in [-0.3, -0.25) is 10.1 Å². The number of hydrogen-bond donors (Lipinski definition) is 2. The van der Waals surface area contributed by atoms with Gasteiger partial charge in [-0.1, -0.05) is 6.92 Å². The molecule has 2 N–H and O–H groups in total. The van der Waals surface area contributed by atoms with Gasteiger partial charge in [-0.2, -0.15) is 0 Å². The Hall–Kier alpha value is -2.02. The molecule has 2 rings (SSSR count). The minimum atomic E-state index is -0.302. The zero-order valence-corrected chi connectivity index (χ0v) is 12.5. The molecule has 0 fully saturated rings. The number of carbonyl (C=O) groups is 1. The van der Waals surface area contributed by atoms with Crippen molar-refractivity contribution in [3.8, 4) is 0 Å². The lowest BCUT2D eigenvalue weighted by Crippen LogP contribution is -2.17. The van der Waals surface area contributed by atoms with Crippen molar-refractivity contribution in [3.05, 3.63) is 40.8 Å². The third kappa shape index (κ3) is 3.74. The first kappa shape index (κ1) is 14.4. The number of nitrogens with one attached hydrogen (secondary N) is 2. The Morgan fingerprint density at radius 3 is 2.75 bits per heavy atom. The van der Waals surface area contributed by atoms with Crippen LogP contribution in [0, 0.1) is 0 Å². The quantitative estimate of drug-likeness (QED) is 0.878. The predicted octanol–water partition coefficient (Wildman–Crippen LogP) is 2.71. The van der Waals surface area contributed by atoms with Crippen molar-refractivity contribution >= 4 is 33.6 Å². The van der Waals surface area contributed by atoms with E-state index in [9.17, 15) is 4.79 Å². The summed E-state index contributed by atoms with van der Waals surface area (Å²) in [5, 5.41) is 5.76. The van der Waals surface area contributed by atoms with E-state index < -0.39 is 0 Å². The van der Waals surface area contributed by atoms with Crippen LogP contribution >= 0.6 is 15.9 Å². The molecule has 104 valence electrons. The standard InChI is InChI=1S/C13H14BrN5O/c1-2-4-15-11-10(7-9(14)8-18-11)12(20)19-13-16-5-3-6-17-13/h3,5-8H,2,4H2,1H3,(H,15,18)(H,16,17,19,20). The Kier molecular flexibility index (Phi) is 5.00. The zero-order valence-electron chi connectivity index (χ0n) is 10.9. The molecule has 0 unspecified atom stereocenters. The Labute approximate surface area is 125 Å². The number of pyridine rings is 1. The molecule has 2 aromatic rings. The molecular formula is C13H14BrN5O. The van der Waals surface area contributed by atoms with Gasteiger partial charge in [0.2, 0.25) is 5.95 Å². The molecule has 1 amide bonds. The Morgan fingerprint density at radius 2 is 2.05 bits per heavy atom. The number of hydrogen-bond acceptors (Lipinski definition) is 5. The van der Waals surface area contributed by atoms with Gasteiger partial charge >= 0.3 is 0 Å². The summed E-state index contributed by atoms with van der Waals surface area (Å²) in [4.78, 5) is 24.4. The highest BCUT2D eigenvalue weighted by Gasteiger charge is 2.14. The molecule has 0 saturated heterocycles. The fraction of sp³-hybridized carbons (Fsp3) is 0.231. The first-order valence-corrected chi connectivity index (χ1v) is 6.97. The van der Waals surface area contributed by atoms with Crippen molar-refractivity contribution in [2.75, 3.05) is 17.2 Å². The van der Waals surface area contributed by atoms with Crippen LogP contribution in [0.1, 0.15) is 23.7 Å². The maximum absolute atomic E-state index is 12.3. The van der Waals surface area contributed by atoms with Gasteiger partial charge in [-0.25, -0.2) is 15.0 Å². The Bertz CT molecular complexity index is 591. The van der Waals surface area contributed by atoms with Crippen LogP contribution in [0.5, 0.6) is 0 Å². The Morgan fingerprint density at radius 1 is 1.30 bits per heavy atom. The van der Waals surface area contributed by atoms with Crippen LogP contribution in [0.25, 0.3) is 0 Å². The molecule has 0 bridgehead atoms. The van der Waals surface area contributed by atoms with Crippen LogP contribution in [-0.4, -0.2) is 27.4 Å². The molecule has 0 radical (unpaired) electrons. The summed E-state index contributed by atoms with van der Waals surface area (Å²) in [6.45, 7) is 2.79. The summed E-state index contributed by atoms with van der Waals surface area (Å²) in [5.41, 5.74) is 0.445. The SMILES string of the molecule is CCCNc1ncc(Br)cc1C(=O)Nc1ncccn1. The lowest BCUT2D eigenvalue weighted by atomic mass is 10.2. The molecule has 0 aliphatic rings. The average Bonchev–Trinajstić information content (AvgIpc) is 2.47. The van der Waals surface area contributed by atoms with Crippen molar-refractivity contribution < 1.29 is 4.79 Å². The summed E-state index contributed by atoms with van der Waals surface area (Å²) < 4.78 is 0.735. The van der Waals surface area contributed by atoms with Crippen molar-refractivity contribution in [1.29, 1.82) is 0 Å². The third-order valence-electron chi connectivity index (χ3n) is 2.43. The normalized spacial score (nSPS) is 10.1. The van der Waals surface area contributed by atoms with Crippen LogP contribution < -0.4 is 10.6 Å². The van der Waals surface area contributed by atoms with Gasteiger partial charge in [-0.05, 0) is 34.5 Å². The minimum Gasteiger partial charge on any atom is -0.369 e. The summed E-state index contributed by atoms with van der Waals surface area (Å²) in [7, 11) is 0. The van der Waals surface area contributed by atoms with Gasteiger partial charge in [0.05, 0.1) is 5.56 Å². The molecule has 7 heteroatoms. The van der Waals surface area contributed by atoms with E-state index in [2.05, 4.69) is 41.5 Å². The predicted molar refractivity (Wildman–Crippen MR) is 80.7 cm³/mol. The second kappa shape index (κ2) is 6.95. The lowest BCUT2D eigenvalue weighted by Gasteiger charge is -2.10. The van der Waals surface area contributed by atoms with E-state index in [1.54, 1.807) is 30.7 Å². The molecule has 0 atom stereocenters. The fourth-order valence-electron chi connectivity index (χ4n) is 1.53. The number of carbonyl (C=O) groups excluding carboxylic acids is 1. The summed E-state index contributed by atoms with van der Waals surface area (Å²) in [6.07, 6.45) is 5.73. The molecule has 0 aromatic carbocycles. The maximum atomic E-state index is 12.3. The van der Waals surface area contributed by atoms with Crippen LogP contribution in [0.15, 0.2) is 35.2 Å². The highest BCUT2D eigenvalue weighted by molar-refractivity contribution is 9.10. The van der Waals surface area contributed by atoms with Gasteiger partial charge in [0, 0.05) is 29.6 Å². The Balaban J connectivity index is 2.21. The number of aromatic nitrogens is 3. The lowest BCUT2D eigenvalue weighted by molar-refractivity contribution is 0.102. The van der Waals surface area contributed by atoms with Gasteiger partial charge in [0.15, 0.2) is 0 Å². The summed E-state index contributed by atoms with van der Waals surface area (Å²) in [5.74, 6) is 0.506. The maximum Gasteiger partial charge on any atom is 0.261 e. The summed E-state index contributed by atoms with van der Waals surface area (Å²) >= 11 is 3.32. The zero-order chi connectivity index (χ0) is 14.4. The van der Waals surface area contributed by atoms with Crippen molar-refractivity contribution in [2.45, 2.75) is 13.3 Å². The number of halogens is 1. The average molecular weight is 336 g/mol. The van der Waals surface area contributed by atoms with Crippen LogP contribution in [-0.2, 0) is 0 Å². The van der Waals surface area contributed by atoms with E-state index in [-0.39, 0.29) is 11.9 Å². The second-order valence-electron chi connectivity index (χ2n) is 4.00. The van der Waals surface area contributed by atoms with Crippen LogP contribution in [0.2, 0.25) is 0 Å². The van der Waals surface area contributed by atoms with Crippen LogP contribution in [0.4, 0.5) is 11.8 Å². The topological polar surface area (TPSA) is 79.8 Å². The number of nitrogens with zero attached hydrogens (tertiary/aromatic N) is 3. The van der Waals surface area contributed by atoms with E-state index in [4.69, 9.17) is 0 Å². The number of rotatable bonds is 5. The molecule has 0 aliphatic heterocycles. The van der Waals surface area contributed by atoms with E-state index in [0.29, 0.717) is 11.4 Å². The molecular weight excluding hydrogens is 322 g/mol. The smallest absolute Gasteiger partial charge is 0.261 e. The molecule has 0 saturated carbocycles. The van der Waals surface area contributed by atoms with Crippen molar-refractivity contribution in [3.63, 3.8) is 0 Å². The molecule has 20 heavy (non-hydrogen) atoms. The number of amides is 1. The summed E-state index contributed by atoms with van der Waals surface area (Å²) in [6, 6.07) is 3.40. The highest BCUT2D eigenvalue weighted by Crippen LogP contribution is 2.19. The molecule has 2 aromatic heterocycles. The van der Waals surface area contributed by atoms with E-state index in [1.807, 2.05) is 6.92 Å². The first-order valence-electron chi connectivity index (χ1n) is 6.18. The first-order chi connectivity index (χ1) is 9.70. The highest BCUT2D eigenvalue weighted by atomic mass is 79.9. The van der Waals surface area contributed by atoms with E-state index >= 15 is 0 Å². The number of anilines is 2. The van der Waals surface area contributed by atoms with Gasteiger partial charge in [0.25, 0.3) is 5.91 Å². The van der Waals surface area contributed by atoms with E-state index in [0.717, 1.165) is 17.4 Å². The molecule has 2 heterocycles. The largest absolute Gasteiger partial charge is 0.369 e. The molecule has 0 spiro atoms. The third-order valence-corrected chi connectivity index (χ3v) is 2.87. The second-order valence-corrected chi connectivity index (χ2v) is 4.92.